The lowest BCUT2D eigenvalue weighted by Crippen LogP contribution is -1.79. The zero-order valence-electron chi connectivity index (χ0n) is 6.66. The van der Waals surface area contributed by atoms with Gasteiger partial charge < -0.3 is 4.74 Å². The first kappa shape index (κ1) is 7.90. The van der Waals surface area contributed by atoms with Crippen LogP contribution in [-0.2, 0) is 4.74 Å². The van der Waals surface area contributed by atoms with E-state index < -0.39 is 0 Å². The first-order chi connectivity index (χ1) is 5.43. The summed E-state index contributed by atoms with van der Waals surface area (Å²) in [7, 11) is 0. The van der Waals surface area contributed by atoms with Gasteiger partial charge in [0, 0.05) is 5.92 Å². The van der Waals surface area contributed by atoms with Crippen molar-refractivity contribution in [2.45, 2.75) is 6.92 Å². The SMILES string of the molecule is CCOC=C=CC1C=CC=C1. The van der Waals surface area contributed by atoms with Gasteiger partial charge >= 0.3 is 0 Å². The second-order valence-corrected chi connectivity index (χ2v) is 2.25. The molecule has 0 aromatic carbocycles. The number of hydrogen-bond donors (Lipinski definition) is 0. The van der Waals surface area contributed by atoms with Crippen molar-refractivity contribution >= 4 is 0 Å². The lowest BCUT2D eigenvalue weighted by Gasteiger charge is -1.90. The molecule has 0 fully saturated rings. The van der Waals surface area contributed by atoms with Gasteiger partial charge in [-0.15, -0.1) is 0 Å². The van der Waals surface area contributed by atoms with Crippen LogP contribution >= 0.6 is 0 Å². The number of hydrogen-bond acceptors (Lipinski definition) is 1. The fraction of sp³-hybridized carbons (Fsp3) is 0.300. The second-order valence-electron chi connectivity index (χ2n) is 2.25. The van der Waals surface area contributed by atoms with E-state index >= 15 is 0 Å². The van der Waals surface area contributed by atoms with Crippen LogP contribution in [0.1, 0.15) is 6.92 Å². The van der Waals surface area contributed by atoms with Crippen LogP contribution in [-0.4, -0.2) is 6.61 Å². The van der Waals surface area contributed by atoms with E-state index in [0.717, 1.165) is 0 Å². The Morgan fingerprint density at radius 1 is 1.45 bits per heavy atom. The summed E-state index contributed by atoms with van der Waals surface area (Å²) in [4.78, 5) is 0. The Morgan fingerprint density at radius 2 is 2.18 bits per heavy atom. The van der Waals surface area contributed by atoms with Crippen LogP contribution in [0.4, 0.5) is 0 Å². The van der Waals surface area contributed by atoms with Gasteiger partial charge in [-0.2, -0.15) is 0 Å². The van der Waals surface area contributed by atoms with E-state index in [2.05, 4.69) is 17.9 Å². The number of rotatable bonds is 3. The lowest BCUT2D eigenvalue weighted by molar-refractivity contribution is 0.270. The van der Waals surface area contributed by atoms with E-state index in [0.29, 0.717) is 12.5 Å². The second kappa shape index (κ2) is 4.59. The minimum atomic E-state index is 0.409. The molecule has 0 atom stereocenters. The Morgan fingerprint density at radius 3 is 2.82 bits per heavy atom. The zero-order chi connectivity index (χ0) is 7.94. The Balaban J connectivity index is 2.34. The molecule has 0 aliphatic heterocycles. The summed E-state index contributed by atoms with van der Waals surface area (Å²) in [6, 6.07) is 0. The molecular weight excluding hydrogens is 136 g/mol. The molecule has 0 amide bonds. The van der Waals surface area contributed by atoms with Crippen LogP contribution in [0.15, 0.2) is 42.4 Å². The fourth-order valence-corrected chi connectivity index (χ4v) is 0.842. The Hall–Kier alpha value is -1.20. The third-order valence-corrected chi connectivity index (χ3v) is 1.38. The van der Waals surface area contributed by atoms with Gasteiger partial charge in [0.1, 0.15) is 6.26 Å². The quantitative estimate of drug-likeness (QED) is 0.441. The average Bonchev–Trinajstić information content (AvgIpc) is 2.50. The van der Waals surface area contributed by atoms with Crippen molar-refractivity contribution < 1.29 is 4.74 Å². The van der Waals surface area contributed by atoms with Crippen LogP contribution in [0.5, 0.6) is 0 Å². The summed E-state index contributed by atoms with van der Waals surface area (Å²) in [5, 5.41) is 0. The van der Waals surface area contributed by atoms with Crippen LogP contribution in [0.25, 0.3) is 0 Å². The zero-order valence-corrected chi connectivity index (χ0v) is 6.66. The maximum Gasteiger partial charge on any atom is 0.125 e. The summed E-state index contributed by atoms with van der Waals surface area (Å²) in [5.74, 6) is 0.409. The van der Waals surface area contributed by atoms with Gasteiger partial charge in [-0.25, -0.2) is 0 Å². The molecule has 11 heavy (non-hydrogen) atoms. The molecule has 0 saturated carbocycles. The highest BCUT2D eigenvalue weighted by Gasteiger charge is 1.95. The van der Waals surface area contributed by atoms with Crippen LogP contribution in [0.2, 0.25) is 0 Å². The van der Waals surface area contributed by atoms with Crippen molar-refractivity contribution in [2.24, 2.45) is 5.92 Å². The van der Waals surface area contributed by atoms with E-state index in [9.17, 15) is 0 Å². The topological polar surface area (TPSA) is 9.23 Å². The first-order valence-electron chi connectivity index (χ1n) is 3.81. The molecule has 0 bridgehead atoms. The van der Waals surface area contributed by atoms with Gasteiger partial charge in [-0.05, 0) is 13.0 Å². The molecule has 0 aromatic heterocycles. The summed E-state index contributed by atoms with van der Waals surface area (Å²) in [6.45, 7) is 2.66. The van der Waals surface area contributed by atoms with Crippen molar-refractivity contribution in [3.8, 4) is 0 Å². The average molecular weight is 148 g/mol. The van der Waals surface area contributed by atoms with Crippen molar-refractivity contribution in [1.29, 1.82) is 0 Å². The van der Waals surface area contributed by atoms with Crippen molar-refractivity contribution in [2.75, 3.05) is 6.61 Å². The Kier molecular flexibility index (Phi) is 3.30. The molecule has 0 radical (unpaired) electrons. The lowest BCUT2D eigenvalue weighted by atomic mass is 10.2. The van der Waals surface area contributed by atoms with E-state index in [-0.39, 0.29) is 0 Å². The summed E-state index contributed by atoms with van der Waals surface area (Å²) >= 11 is 0. The first-order valence-corrected chi connectivity index (χ1v) is 3.81. The van der Waals surface area contributed by atoms with Crippen LogP contribution in [0, 0.1) is 5.92 Å². The minimum absolute atomic E-state index is 0.409. The highest BCUT2D eigenvalue weighted by atomic mass is 16.5. The Labute approximate surface area is 67.4 Å². The van der Waals surface area contributed by atoms with Gasteiger partial charge in [-0.1, -0.05) is 30.0 Å². The van der Waals surface area contributed by atoms with E-state index in [1.165, 1.54) is 0 Å². The third-order valence-electron chi connectivity index (χ3n) is 1.38. The highest BCUT2D eigenvalue weighted by Crippen LogP contribution is 2.08. The predicted octanol–water partition coefficient (Wildman–Crippen LogP) is 2.43. The van der Waals surface area contributed by atoms with Gasteiger partial charge in [-0.3, -0.25) is 0 Å². The fourth-order valence-electron chi connectivity index (χ4n) is 0.842. The molecule has 1 rings (SSSR count). The Bertz CT molecular complexity index is 205. The van der Waals surface area contributed by atoms with E-state index in [4.69, 9.17) is 4.74 Å². The minimum Gasteiger partial charge on any atom is -0.493 e. The highest BCUT2D eigenvalue weighted by molar-refractivity contribution is 5.22. The molecule has 0 aromatic rings. The molecule has 0 spiro atoms. The molecule has 0 N–H and O–H groups in total. The standard InChI is InChI=1S/C10H12O/c1-2-11-9-5-8-10-6-3-4-7-10/h3-4,6-10H,2H2,1H3. The third kappa shape index (κ3) is 2.92. The van der Waals surface area contributed by atoms with Crippen molar-refractivity contribution in [1.82, 2.24) is 0 Å². The summed E-state index contributed by atoms with van der Waals surface area (Å²) in [6.07, 6.45) is 11.8. The van der Waals surface area contributed by atoms with Gasteiger partial charge in [0.25, 0.3) is 0 Å². The maximum absolute atomic E-state index is 4.98. The van der Waals surface area contributed by atoms with Gasteiger partial charge in [0.2, 0.25) is 0 Å². The molecule has 0 unspecified atom stereocenters. The van der Waals surface area contributed by atoms with E-state index in [1.807, 2.05) is 25.2 Å². The maximum atomic E-state index is 4.98. The molecule has 0 heterocycles. The van der Waals surface area contributed by atoms with Crippen LogP contribution < -0.4 is 0 Å². The van der Waals surface area contributed by atoms with Crippen molar-refractivity contribution in [3.63, 3.8) is 0 Å². The largest absolute Gasteiger partial charge is 0.493 e. The van der Waals surface area contributed by atoms with E-state index in [1.54, 1.807) is 6.26 Å². The number of allylic oxidation sites excluding steroid dienone is 5. The molecule has 1 aliphatic carbocycles. The normalized spacial score (nSPS) is 14.6. The summed E-state index contributed by atoms with van der Waals surface area (Å²) < 4.78 is 4.98. The monoisotopic (exact) mass is 148 g/mol. The molecule has 1 aliphatic rings. The molecular formula is C10H12O. The van der Waals surface area contributed by atoms with Crippen LogP contribution in [0.3, 0.4) is 0 Å². The molecule has 1 heteroatoms. The van der Waals surface area contributed by atoms with Crippen molar-refractivity contribution in [3.05, 3.63) is 42.4 Å². The number of ether oxygens (including phenoxy) is 1. The predicted molar refractivity (Wildman–Crippen MR) is 46.0 cm³/mol. The smallest absolute Gasteiger partial charge is 0.125 e. The molecule has 58 valence electrons. The molecule has 1 nitrogen and oxygen atoms in total. The van der Waals surface area contributed by atoms with Gasteiger partial charge in [0.15, 0.2) is 0 Å². The molecule has 0 saturated heterocycles. The summed E-state index contributed by atoms with van der Waals surface area (Å²) in [5.41, 5.74) is 2.95. The van der Waals surface area contributed by atoms with Gasteiger partial charge in [0.05, 0.1) is 6.61 Å².